The zero-order valence-electron chi connectivity index (χ0n) is 24.6. The van der Waals surface area contributed by atoms with Gasteiger partial charge >= 0.3 is 0 Å². The van der Waals surface area contributed by atoms with Crippen molar-refractivity contribution in [2.24, 2.45) is 23.5 Å². The van der Waals surface area contributed by atoms with Gasteiger partial charge in [-0.3, -0.25) is 9.59 Å². The molecule has 2 N–H and O–H groups in total. The van der Waals surface area contributed by atoms with Crippen molar-refractivity contribution in [3.63, 3.8) is 0 Å². The maximum Gasteiger partial charge on any atom is 0.248 e. The molecule has 0 aliphatic carbocycles. The average Bonchev–Trinajstić information content (AvgIpc) is 3.14. The summed E-state index contributed by atoms with van der Waals surface area (Å²) < 4.78 is 12.2. The summed E-state index contributed by atoms with van der Waals surface area (Å²) in [6.07, 6.45) is 10.3. The molecular formula is C33H45ClN2O4S. The normalized spacial score (nSPS) is 17.4. The zero-order valence-corrected chi connectivity index (χ0v) is 26.2. The van der Waals surface area contributed by atoms with Gasteiger partial charge < -0.3 is 20.1 Å². The van der Waals surface area contributed by atoms with Crippen molar-refractivity contribution < 1.29 is 19.1 Å². The van der Waals surface area contributed by atoms with Gasteiger partial charge in [0.15, 0.2) is 5.62 Å². The van der Waals surface area contributed by atoms with Crippen molar-refractivity contribution >= 4 is 40.6 Å². The molecule has 1 aliphatic heterocycles. The molecule has 6 nitrogen and oxygen atoms in total. The molecule has 41 heavy (non-hydrogen) atoms. The predicted octanol–water partition coefficient (Wildman–Crippen LogP) is 7.21. The van der Waals surface area contributed by atoms with Crippen molar-refractivity contribution in [2.75, 3.05) is 37.5 Å². The Morgan fingerprint density at radius 3 is 2.83 bits per heavy atom. The van der Waals surface area contributed by atoms with Crippen molar-refractivity contribution in [3.05, 3.63) is 70.8 Å². The number of primary amides is 1. The van der Waals surface area contributed by atoms with Crippen LogP contribution in [0.3, 0.4) is 0 Å². The van der Waals surface area contributed by atoms with Gasteiger partial charge in [0, 0.05) is 42.5 Å². The minimum Gasteiger partial charge on any atom is -0.491 e. The van der Waals surface area contributed by atoms with Crippen LogP contribution >= 0.6 is 23.4 Å². The van der Waals surface area contributed by atoms with E-state index in [9.17, 15) is 9.59 Å². The number of anilines is 1. The molecule has 1 aliphatic rings. The summed E-state index contributed by atoms with van der Waals surface area (Å²) in [4.78, 5) is 25.0. The SMILES string of the molecule is CC[C@H](CCN1CC(CCCc2cccc(Cl)c2)COc2ccc(C(N)=O)cc21)[C@H](/C=C/C[C@H](C)CSC=O)OC. The number of aryl methyl sites for hydroxylation is 1. The van der Waals surface area contributed by atoms with Crippen LogP contribution in [0.4, 0.5) is 5.69 Å². The van der Waals surface area contributed by atoms with E-state index in [0.717, 1.165) is 79.4 Å². The first-order valence-electron chi connectivity index (χ1n) is 14.6. The van der Waals surface area contributed by atoms with E-state index >= 15 is 0 Å². The van der Waals surface area contributed by atoms with E-state index in [1.54, 1.807) is 13.2 Å². The third-order valence-corrected chi connectivity index (χ3v) is 8.98. The lowest BCUT2D eigenvalue weighted by Gasteiger charge is -2.30. The molecule has 8 heteroatoms. The number of benzene rings is 2. The van der Waals surface area contributed by atoms with Gasteiger partial charge in [0.25, 0.3) is 0 Å². The van der Waals surface area contributed by atoms with E-state index in [4.69, 9.17) is 26.8 Å². The zero-order chi connectivity index (χ0) is 29.6. The van der Waals surface area contributed by atoms with Gasteiger partial charge in [-0.2, -0.15) is 0 Å². The van der Waals surface area contributed by atoms with Gasteiger partial charge in [-0.1, -0.05) is 67.9 Å². The minimum absolute atomic E-state index is 0.0130. The van der Waals surface area contributed by atoms with Crippen molar-refractivity contribution in [2.45, 2.75) is 58.5 Å². The number of amides is 1. The van der Waals surface area contributed by atoms with Gasteiger partial charge in [0.1, 0.15) is 5.75 Å². The maximum absolute atomic E-state index is 12.0. The first-order chi connectivity index (χ1) is 19.8. The molecular weight excluding hydrogens is 556 g/mol. The number of rotatable bonds is 17. The number of nitrogens with zero attached hydrogens (tertiary/aromatic N) is 1. The summed E-state index contributed by atoms with van der Waals surface area (Å²) in [5, 5.41) is 0.772. The summed E-state index contributed by atoms with van der Waals surface area (Å²) in [5.41, 5.74) is 9.22. The number of halogens is 1. The first-order valence-corrected chi connectivity index (χ1v) is 16.1. The molecule has 0 spiro atoms. The number of carbonyl (C=O) groups excluding carboxylic acids is 2. The lowest BCUT2D eigenvalue weighted by molar-refractivity contribution is 0.0840. The summed E-state index contributed by atoms with van der Waals surface area (Å²) in [6, 6.07) is 13.6. The summed E-state index contributed by atoms with van der Waals surface area (Å²) in [7, 11) is 1.77. The highest BCUT2D eigenvalue weighted by Gasteiger charge is 2.26. The molecule has 4 atom stereocenters. The summed E-state index contributed by atoms with van der Waals surface area (Å²) >= 11 is 7.50. The second-order valence-corrected chi connectivity index (χ2v) is 12.3. The number of allylic oxidation sites excluding steroid dienone is 1. The fraction of sp³-hybridized carbons (Fsp3) is 0.515. The van der Waals surface area contributed by atoms with E-state index in [0.29, 0.717) is 29.9 Å². The Kier molecular flexibility index (Phi) is 14.1. The molecule has 0 fully saturated rings. The number of hydrogen-bond acceptors (Lipinski definition) is 6. The molecule has 1 amide bonds. The fourth-order valence-electron chi connectivity index (χ4n) is 5.45. The Labute approximate surface area is 255 Å². The fourth-order valence-corrected chi connectivity index (χ4v) is 6.21. The minimum atomic E-state index is -0.438. The Morgan fingerprint density at radius 1 is 1.29 bits per heavy atom. The van der Waals surface area contributed by atoms with Crippen LogP contribution in [0.2, 0.25) is 5.02 Å². The number of thioether (sulfide) groups is 1. The van der Waals surface area contributed by atoms with Gasteiger partial charge in [0.2, 0.25) is 5.91 Å². The van der Waals surface area contributed by atoms with Gasteiger partial charge in [0.05, 0.1) is 18.4 Å². The van der Waals surface area contributed by atoms with Crippen LogP contribution in [-0.2, 0) is 16.0 Å². The molecule has 2 aromatic carbocycles. The number of fused-ring (bicyclic) bond motifs is 1. The molecule has 3 rings (SSSR count). The highest BCUT2D eigenvalue weighted by Crippen LogP contribution is 2.35. The highest BCUT2D eigenvalue weighted by atomic mass is 35.5. The molecule has 0 saturated carbocycles. The molecule has 2 aromatic rings. The number of nitrogens with two attached hydrogens (primary N) is 1. The Hall–Kier alpha value is -2.48. The van der Waals surface area contributed by atoms with Crippen LogP contribution in [0.5, 0.6) is 5.75 Å². The Bertz CT molecular complexity index is 1140. The summed E-state index contributed by atoms with van der Waals surface area (Å²) in [5.74, 6) is 2.30. The molecule has 0 radical (unpaired) electrons. The first kappa shape index (κ1) is 33.0. The van der Waals surface area contributed by atoms with E-state index in [1.165, 1.54) is 17.3 Å². The standard InChI is InChI=1S/C33H45ClN2O4S/c1-4-27(31(39-3)13-5-8-24(2)22-41-23-37)16-17-36-20-26(11-6-9-25-10-7-12-29(34)18-25)21-40-32-15-14-28(33(35)38)19-30(32)36/h5,7,10,12-15,18-19,23-24,26-27,31H,4,6,8-9,11,16-17,20-22H2,1-3H3,(H2,35,38)/b13-5+/t24-,26?,27+,31-/m0/s1. The quantitative estimate of drug-likeness (QED) is 0.153. The molecule has 1 unspecified atom stereocenters. The number of ether oxygens (including phenoxy) is 2. The molecule has 224 valence electrons. The Balaban J connectivity index is 1.69. The van der Waals surface area contributed by atoms with E-state index in [2.05, 4.69) is 37.0 Å². The van der Waals surface area contributed by atoms with Gasteiger partial charge in [-0.25, -0.2) is 0 Å². The third-order valence-electron chi connectivity index (χ3n) is 7.85. The van der Waals surface area contributed by atoms with Crippen LogP contribution in [0.15, 0.2) is 54.6 Å². The monoisotopic (exact) mass is 600 g/mol. The molecule has 0 saturated heterocycles. The number of carbonyl (C=O) groups is 2. The van der Waals surface area contributed by atoms with Gasteiger partial charge in [-0.05, 0) is 79.8 Å². The second-order valence-electron chi connectivity index (χ2n) is 11.0. The molecule has 0 bridgehead atoms. The maximum atomic E-state index is 12.0. The topological polar surface area (TPSA) is 81.9 Å². The molecule has 0 aromatic heterocycles. The second kappa shape index (κ2) is 17.5. The smallest absolute Gasteiger partial charge is 0.248 e. The third kappa shape index (κ3) is 10.7. The lowest BCUT2D eigenvalue weighted by atomic mass is 9.93. The molecule has 1 heterocycles. The van der Waals surface area contributed by atoms with Crippen LogP contribution in [0.25, 0.3) is 0 Å². The predicted molar refractivity (Wildman–Crippen MR) is 172 cm³/mol. The van der Waals surface area contributed by atoms with Gasteiger partial charge in [-0.15, -0.1) is 0 Å². The van der Waals surface area contributed by atoms with Crippen molar-refractivity contribution in [3.8, 4) is 5.75 Å². The largest absolute Gasteiger partial charge is 0.491 e. The lowest BCUT2D eigenvalue weighted by Crippen LogP contribution is -2.33. The van der Waals surface area contributed by atoms with E-state index < -0.39 is 5.91 Å². The van der Waals surface area contributed by atoms with Crippen molar-refractivity contribution in [1.29, 1.82) is 0 Å². The van der Waals surface area contributed by atoms with E-state index in [-0.39, 0.29) is 6.10 Å². The van der Waals surface area contributed by atoms with Crippen LogP contribution < -0.4 is 15.4 Å². The van der Waals surface area contributed by atoms with Crippen LogP contribution in [-0.4, -0.2) is 50.2 Å². The van der Waals surface area contributed by atoms with Crippen LogP contribution in [0, 0.1) is 17.8 Å². The average molecular weight is 601 g/mol. The summed E-state index contributed by atoms with van der Waals surface area (Å²) in [6.45, 7) is 6.67. The van der Waals surface area contributed by atoms with E-state index in [1.807, 2.05) is 30.3 Å². The van der Waals surface area contributed by atoms with Crippen LogP contribution in [0.1, 0.15) is 61.9 Å². The van der Waals surface area contributed by atoms with Crippen molar-refractivity contribution in [1.82, 2.24) is 0 Å². The number of methoxy groups -OCH3 is 1. The Morgan fingerprint density at radius 2 is 2.12 bits per heavy atom. The number of hydrogen-bond donors (Lipinski definition) is 1. The highest BCUT2D eigenvalue weighted by molar-refractivity contribution is 8.11.